The highest BCUT2D eigenvalue weighted by molar-refractivity contribution is 5.42. The fourth-order valence-electron chi connectivity index (χ4n) is 2.64. The summed E-state index contributed by atoms with van der Waals surface area (Å²) in [5.41, 5.74) is 5.36. The summed E-state index contributed by atoms with van der Waals surface area (Å²) in [6, 6.07) is 0. The molecule has 1 aromatic rings. The molecule has 0 bridgehead atoms. The molecule has 2 heterocycles. The molecular formula is C18H35N7O3. The van der Waals surface area contributed by atoms with Gasteiger partial charge in [0.15, 0.2) is 0 Å². The van der Waals surface area contributed by atoms with Crippen LogP contribution in [0.1, 0.15) is 32.6 Å². The Labute approximate surface area is 167 Å². The number of rotatable bonds is 16. The van der Waals surface area contributed by atoms with Crippen molar-refractivity contribution in [3.05, 3.63) is 0 Å². The summed E-state index contributed by atoms with van der Waals surface area (Å²) in [6.07, 6.45) is 4.57. The molecule has 0 saturated carbocycles. The van der Waals surface area contributed by atoms with Gasteiger partial charge in [0.1, 0.15) is 0 Å². The van der Waals surface area contributed by atoms with Crippen molar-refractivity contribution < 1.29 is 14.2 Å². The minimum atomic E-state index is 0.222. The van der Waals surface area contributed by atoms with Gasteiger partial charge >= 0.3 is 0 Å². The van der Waals surface area contributed by atoms with E-state index in [-0.39, 0.29) is 6.10 Å². The molecule has 1 aliphatic rings. The maximum Gasteiger partial charge on any atom is 0.229 e. The second-order valence-corrected chi connectivity index (χ2v) is 6.54. The molecule has 0 aromatic carbocycles. The second kappa shape index (κ2) is 14.3. The Bertz CT molecular complexity index is 530. The Kier molecular flexibility index (Phi) is 11.5. The van der Waals surface area contributed by atoms with Gasteiger partial charge in [-0.2, -0.15) is 15.0 Å². The lowest BCUT2D eigenvalue weighted by Gasteiger charge is -2.13. The van der Waals surface area contributed by atoms with E-state index in [2.05, 4.69) is 37.8 Å². The SMILES string of the molecule is CCCCNc1nc(NCCOCCOCCN)nc(NCC2CCCO2)n1. The van der Waals surface area contributed by atoms with Gasteiger partial charge in [0, 0.05) is 32.8 Å². The molecule has 1 saturated heterocycles. The molecule has 2 rings (SSSR count). The van der Waals surface area contributed by atoms with Crippen molar-refractivity contribution in [1.29, 1.82) is 0 Å². The quantitative estimate of drug-likeness (QED) is 0.301. The number of hydrogen-bond donors (Lipinski definition) is 4. The number of nitrogens with two attached hydrogens (primary N) is 1. The molecule has 1 unspecified atom stereocenters. The largest absolute Gasteiger partial charge is 0.378 e. The summed E-state index contributed by atoms with van der Waals surface area (Å²) in [6.45, 7) is 7.81. The smallest absolute Gasteiger partial charge is 0.229 e. The molecule has 10 nitrogen and oxygen atoms in total. The lowest BCUT2D eigenvalue weighted by molar-refractivity contribution is 0.0547. The first-order valence-electron chi connectivity index (χ1n) is 10.3. The van der Waals surface area contributed by atoms with Crippen LogP contribution in [0.4, 0.5) is 17.8 Å². The molecule has 28 heavy (non-hydrogen) atoms. The zero-order valence-electron chi connectivity index (χ0n) is 16.9. The molecule has 5 N–H and O–H groups in total. The van der Waals surface area contributed by atoms with Crippen molar-refractivity contribution in [2.45, 2.75) is 38.7 Å². The van der Waals surface area contributed by atoms with E-state index in [0.717, 1.165) is 38.8 Å². The lowest BCUT2D eigenvalue weighted by Crippen LogP contribution is -2.21. The molecule has 0 spiro atoms. The Hall–Kier alpha value is -1.75. The zero-order chi connectivity index (χ0) is 19.9. The number of unbranched alkanes of at least 4 members (excludes halogenated alkanes) is 1. The predicted molar refractivity (Wildman–Crippen MR) is 110 cm³/mol. The summed E-state index contributed by atoms with van der Waals surface area (Å²) >= 11 is 0. The third kappa shape index (κ3) is 9.45. The highest BCUT2D eigenvalue weighted by Crippen LogP contribution is 2.14. The van der Waals surface area contributed by atoms with Gasteiger partial charge in [0.25, 0.3) is 0 Å². The highest BCUT2D eigenvalue weighted by atomic mass is 16.5. The van der Waals surface area contributed by atoms with Crippen LogP contribution in [-0.4, -0.2) is 80.3 Å². The number of hydrogen-bond acceptors (Lipinski definition) is 10. The van der Waals surface area contributed by atoms with Crippen LogP contribution >= 0.6 is 0 Å². The topological polar surface area (TPSA) is 128 Å². The minimum absolute atomic E-state index is 0.222. The maximum absolute atomic E-state index is 5.64. The van der Waals surface area contributed by atoms with Gasteiger partial charge in [0.05, 0.1) is 32.5 Å². The first kappa shape index (κ1) is 22.5. The van der Waals surface area contributed by atoms with Crippen LogP contribution in [0.5, 0.6) is 0 Å². The number of nitrogens with zero attached hydrogens (tertiary/aromatic N) is 3. The van der Waals surface area contributed by atoms with Crippen molar-refractivity contribution >= 4 is 17.8 Å². The van der Waals surface area contributed by atoms with Gasteiger partial charge < -0.3 is 35.9 Å². The van der Waals surface area contributed by atoms with Crippen LogP contribution in [0.15, 0.2) is 0 Å². The van der Waals surface area contributed by atoms with E-state index >= 15 is 0 Å². The third-order valence-corrected chi connectivity index (χ3v) is 4.12. The Balaban J connectivity index is 1.78. The Morgan fingerprint density at radius 3 is 2.29 bits per heavy atom. The normalized spacial score (nSPS) is 16.3. The molecule has 160 valence electrons. The Morgan fingerprint density at radius 1 is 0.964 bits per heavy atom. The van der Waals surface area contributed by atoms with E-state index in [1.54, 1.807) is 0 Å². The molecule has 0 aliphatic carbocycles. The summed E-state index contributed by atoms with van der Waals surface area (Å²) < 4.78 is 16.4. The van der Waals surface area contributed by atoms with Crippen molar-refractivity contribution in [3.8, 4) is 0 Å². The number of aromatic nitrogens is 3. The van der Waals surface area contributed by atoms with Gasteiger partial charge in [-0.3, -0.25) is 0 Å². The first-order chi connectivity index (χ1) is 13.8. The van der Waals surface area contributed by atoms with E-state index in [4.69, 9.17) is 19.9 Å². The summed E-state index contributed by atoms with van der Waals surface area (Å²) in [7, 11) is 0. The van der Waals surface area contributed by atoms with Crippen LogP contribution in [0, 0.1) is 0 Å². The van der Waals surface area contributed by atoms with Gasteiger partial charge in [0.2, 0.25) is 17.8 Å². The van der Waals surface area contributed by atoms with Gasteiger partial charge in [-0.25, -0.2) is 0 Å². The van der Waals surface area contributed by atoms with Crippen LogP contribution in [0.25, 0.3) is 0 Å². The van der Waals surface area contributed by atoms with Gasteiger partial charge in [-0.05, 0) is 19.3 Å². The molecule has 0 radical (unpaired) electrons. The van der Waals surface area contributed by atoms with Crippen LogP contribution in [-0.2, 0) is 14.2 Å². The third-order valence-electron chi connectivity index (χ3n) is 4.12. The van der Waals surface area contributed by atoms with Crippen molar-refractivity contribution in [1.82, 2.24) is 15.0 Å². The van der Waals surface area contributed by atoms with Crippen LogP contribution in [0.2, 0.25) is 0 Å². The summed E-state index contributed by atoms with van der Waals surface area (Å²) in [4.78, 5) is 13.3. The molecule has 1 aliphatic heterocycles. The average Bonchev–Trinajstić information content (AvgIpc) is 3.22. The monoisotopic (exact) mass is 397 g/mol. The van der Waals surface area contributed by atoms with E-state index < -0.39 is 0 Å². The van der Waals surface area contributed by atoms with Gasteiger partial charge in [-0.15, -0.1) is 0 Å². The molecule has 0 amide bonds. The summed E-state index contributed by atoms with van der Waals surface area (Å²) in [5.74, 6) is 1.63. The predicted octanol–water partition coefficient (Wildman–Crippen LogP) is 1.08. The number of ether oxygens (including phenoxy) is 3. The lowest BCUT2D eigenvalue weighted by atomic mass is 10.2. The van der Waals surface area contributed by atoms with E-state index in [1.165, 1.54) is 0 Å². The summed E-state index contributed by atoms with van der Waals surface area (Å²) in [5, 5.41) is 9.70. The van der Waals surface area contributed by atoms with Crippen LogP contribution < -0.4 is 21.7 Å². The first-order valence-corrected chi connectivity index (χ1v) is 10.3. The molecular weight excluding hydrogens is 362 g/mol. The van der Waals surface area contributed by atoms with Crippen molar-refractivity contribution in [2.24, 2.45) is 5.73 Å². The molecule has 1 aromatic heterocycles. The van der Waals surface area contributed by atoms with Gasteiger partial charge in [-0.1, -0.05) is 13.3 Å². The van der Waals surface area contributed by atoms with E-state index in [1.807, 2.05) is 0 Å². The van der Waals surface area contributed by atoms with Crippen molar-refractivity contribution in [2.75, 3.05) is 75.2 Å². The minimum Gasteiger partial charge on any atom is -0.378 e. The van der Waals surface area contributed by atoms with Crippen molar-refractivity contribution in [3.63, 3.8) is 0 Å². The fourth-order valence-corrected chi connectivity index (χ4v) is 2.64. The Morgan fingerprint density at radius 2 is 1.64 bits per heavy atom. The van der Waals surface area contributed by atoms with E-state index in [0.29, 0.717) is 63.9 Å². The number of anilines is 3. The van der Waals surface area contributed by atoms with E-state index in [9.17, 15) is 0 Å². The standard InChI is InChI=1S/C18H35N7O3/c1-2-3-7-20-16-23-17(21-8-11-27-13-12-26-10-6-19)25-18(24-16)22-14-15-5-4-9-28-15/h15H,2-14,19H2,1H3,(H3,20,21,22,23,24,25). The maximum atomic E-state index is 5.64. The zero-order valence-corrected chi connectivity index (χ0v) is 16.9. The molecule has 1 fully saturated rings. The second-order valence-electron chi connectivity index (χ2n) is 6.54. The average molecular weight is 398 g/mol. The fraction of sp³-hybridized carbons (Fsp3) is 0.833. The molecule has 10 heteroatoms. The van der Waals surface area contributed by atoms with Crippen LogP contribution in [0.3, 0.4) is 0 Å². The molecule has 1 atom stereocenters. The number of nitrogens with one attached hydrogen (secondary N) is 3. The highest BCUT2D eigenvalue weighted by Gasteiger charge is 2.16.